The van der Waals surface area contributed by atoms with Crippen molar-refractivity contribution in [3.63, 3.8) is 0 Å². The van der Waals surface area contributed by atoms with Crippen molar-refractivity contribution < 1.29 is 9.59 Å². The molecule has 0 aliphatic heterocycles. The van der Waals surface area contributed by atoms with Crippen molar-refractivity contribution in [3.8, 4) is 0 Å². The lowest BCUT2D eigenvalue weighted by molar-refractivity contribution is 0.0982. The molecule has 0 atom stereocenters. The molecule has 35 heavy (non-hydrogen) atoms. The van der Waals surface area contributed by atoms with Crippen LogP contribution in [0.25, 0.3) is 10.2 Å². The van der Waals surface area contributed by atoms with Crippen molar-refractivity contribution in [1.29, 1.82) is 0 Å². The molecule has 0 spiro atoms. The van der Waals surface area contributed by atoms with Crippen LogP contribution < -0.4 is 4.90 Å². The lowest BCUT2D eigenvalue weighted by Crippen LogP contribution is -2.30. The van der Waals surface area contributed by atoms with Crippen molar-refractivity contribution >= 4 is 50.1 Å². The van der Waals surface area contributed by atoms with Gasteiger partial charge in [-0.2, -0.15) is 0 Å². The van der Waals surface area contributed by atoms with Crippen molar-refractivity contribution in [2.75, 3.05) is 11.2 Å². The standard InChI is InChI=1S/C29H22N2O2S2/c1-34-24-16-17-25-26(18-24)35-29(30-25)31(19-20-8-4-2-5-9-20)28(33)23-14-12-22(13-15-23)27(32)21-10-6-3-7-11-21/h2-18H,19H2,1H3. The van der Waals surface area contributed by atoms with E-state index in [4.69, 9.17) is 4.98 Å². The Morgan fingerprint density at radius 2 is 1.43 bits per heavy atom. The molecule has 0 aliphatic rings. The normalized spacial score (nSPS) is 10.9. The first-order chi connectivity index (χ1) is 17.1. The second kappa shape index (κ2) is 10.3. The summed E-state index contributed by atoms with van der Waals surface area (Å²) >= 11 is 3.19. The summed E-state index contributed by atoms with van der Waals surface area (Å²) in [4.78, 5) is 34.1. The van der Waals surface area contributed by atoms with Gasteiger partial charge in [-0.05, 0) is 42.2 Å². The summed E-state index contributed by atoms with van der Waals surface area (Å²) in [5.74, 6) is -0.224. The average Bonchev–Trinajstić information content (AvgIpc) is 3.35. The van der Waals surface area contributed by atoms with Crippen LogP contribution in [0, 0.1) is 0 Å². The largest absolute Gasteiger partial charge is 0.289 e. The summed E-state index contributed by atoms with van der Waals surface area (Å²) in [6.45, 7) is 0.402. The Hall–Kier alpha value is -3.74. The summed E-state index contributed by atoms with van der Waals surface area (Å²) < 4.78 is 1.04. The van der Waals surface area contributed by atoms with E-state index in [1.807, 2.05) is 66.9 Å². The van der Waals surface area contributed by atoms with E-state index in [-0.39, 0.29) is 11.7 Å². The van der Waals surface area contributed by atoms with E-state index in [9.17, 15) is 9.59 Å². The summed E-state index contributed by atoms with van der Waals surface area (Å²) in [6.07, 6.45) is 2.04. The number of amides is 1. The molecule has 0 aliphatic carbocycles. The number of thioether (sulfide) groups is 1. The van der Waals surface area contributed by atoms with Crippen LogP contribution in [0.15, 0.2) is 108 Å². The van der Waals surface area contributed by atoms with Crippen LogP contribution in [-0.2, 0) is 6.54 Å². The van der Waals surface area contributed by atoms with E-state index in [2.05, 4.69) is 6.07 Å². The van der Waals surface area contributed by atoms with Crippen LogP contribution in [0.3, 0.4) is 0 Å². The zero-order valence-electron chi connectivity index (χ0n) is 19.0. The molecule has 5 rings (SSSR count). The second-order valence-electron chi connectivity index (χ2n) is 7.98. The number of fused-ring (bicyclic) bond motifs is 1. The van der Waals surface area contributed by atoms with Gasteiger partial charge in [-0.15, -0.1) is 11.8 Å². The molecule has 4 aromatic carbocycles. The monoisotopic (exact) mass is 494 g/mol. The second-order valence-corrected chi connectivity index (χ2v) is 9.87. The van der Waals surface area contributed by atoms with Crippen LogP contribution in [0.4, 0.5) is 5.13 Å². The zero-order valence-corrected chi connectivity index (χ0v) is 20.7. The van der Waals surface area contributed by atoms with Gasteiger partial charge in [0.1, 0.15) is 0 Å². The van der Waals surface area contributed by atoms with Crippen molar-refractivity contribution in [2.45, 2.75) is 11.4 Å². The Bertz CT molecular complexity index is 1480. The van der Waals surface area contributed by atoms with E-state index in [1.165, 1.54) is 11.3 Å². The van der Waals surface area contributed by atoms with Gasteiger partial charge in [0.15, 0.2) is 10.9 Å². The first kappa shape index (κ1) is 23.0. The van der Waals surface area contributed by atoms with Gasteiger partial charge in [-0.3, -0.25) is 14.5 Å². The minimum Gasteiger partial charge on any atom is -0.289 e. The molecule has 0 unspecified atom stereocenters. The third-order valence-electron chi connectivity index (χ3n) is 5.67. The van der Waals surface area contributed by atoms with Crippen LogP contribution in [0.1, 0.15) is 31.8 Å². The van der Waals surface area contributed by atoms with Gasteiger partial charge in [-0.25, -0.2) is 4.98 Å². The maximum atomic E-state index is 13.7. The topological polar surface area (TPSA) is 50.3 Å². The smallest absolute Gasteiger partial charge is 0.260 e. The summed E-state index contributed by atoms with van der Waals surface area (Å²) in [7, 11) is 0. The van der Waals surface area contributed by atoms with Crippen LogP contribution in [-0.4, -0.2) is 22.9 Å². The Morgan fingerprint density at radius 3 is 2.11 bits per heavy atom. The highest BCUT2D eigenvalue weighted by molar-refractivity contribution is 7.98. The molecule has 1 amide bonds. The van der Waals surface area contributed by atoms with Gasteiger partial charge in [0.05, 0.1) is 16.8 Å². The highest BCUT2D eigenvalue weighted by atomic mass is 32.2. The van der Waals surface area contributed by atoms with Gasteiger partial charge in [-0.1, -0.05) is 84.1 Å². The molecule has 0 bridgehead atoms. The first-order valence-electron chi connectivity index (χ1n) is 11.1. The number of thiazole rings is 1. The number of anilines is 1. The number of hydrogen-bond acceptors (Lipinski definition) is 5. The lowest BCUT2D eigenvalue weighted by atomic mass is 10.0. The number of aromatic nitrogens is 1. The molecule has 0 saturated carbocycles. The molecule has 1 heterocycles. The minimum absolute atomic E-state index is 0.0680. The summed E-state index contributed by atoms with van der Waals surface area (Å²) in [5.41, 5.74) is 3.57. The van der Waals surface area contributed by atoms with Crippen molar-refractivity contribution in [2.24, 2.45) is 0 Å². The molecule has 6 heteroatoms. The third-order valence-corrected chi connectivity index (χ3v) is 7.44. The lowest BCUT2D eigenvalue weighted by Gasteiger charge is -2.20. The van der Waals surface area contributed by atoms with Crippen LogP contribution >= 0.6 is 23.1 Å². The molecular formula is C29H22N2O2S2. The maximum Gasteiger partial charge on any atom is 0.260 e. The predicted molar refractivity (Wildman–Crippen MR) is 145 cm³/mol. The number of ketones is 1. The van der Waals surface area contributed by atoms with E-state index < -0.39 is 0 Å². The van der Waals surface area contributed by atoms with Gasteiger partial charge in [0, 0.05) is 21.6 Å². The highest BCUT2D eigenvalue weighted by Gasteiger charge is 2.22. The van der Waals surface area contributed by atoms with E-state index in [0.29, 0.717) is 28.4 Å². The Kier molecular flexibility index (Phi) is 6.75. The molecule has 0 saturated heterocycles. The fourth-order valence-corrected chi connectivity index (χ4v) is 5.32. The molecule has 172 valence electrons. The molecule has 0 radical (unpaired) electrons. The number of hydrogen-bond donors (Lipinski definition) is 0. The van der Waals surface area contributed by atoms with E-state index in [1.54, 1.807) is 53.1 Å². The molecule has 1 aromatic heterocycles. The Morgan fingerprint density at radius 1 is 0.800 bits per heavy atom. The molecule has 0 N–H and O–H groups in total. The molecule has 0 fully saturated rings. The average molecular weight is 495 g/mol. The van der Waals surface area contributed by atoms with Gasteiger partial charge >= 0.3 is 0 Å². The number of rotatable bonds is 7. The van der Waals surface area contributed by atoms with Gasteiger partial charge < -0.3 is 0 Å². The minimum atomic E-state index is -0.156. The third kappa shape index (κ3) is 5.04. The predicted octanol–water partition coefficient (Wildman–Crippen LogP) is 7.10. The quantitative estimate of drug-likeness (QED) is 0.179. The number of nitrogens with zero attached hydrogens (tertiary/aromatic N) is 2. The summed E-state index contributed by atoms with van der Waals surface area (Å²) in [6, 6.07) is 32.0. The molecule has 5 aromatic rings. The molecule has 4 nitrogen and oxygen atoms in total. The number of benzene rings is 4. The number of carbonyl (C=O) groups is 2. The van der Waals surface area contributed by atoms with Crippen molar-refractivity contribution in [3.05, 3.63) is 125 Å². The van der Waals surface area contributed by atoms with E-state index in [0.717, 1.165) is 20.7 Å². The zero-order chi connectivity index (χ0) is 24.2. The number of carbonyl (C=O) groups excluding carboxylic acids is 2. The SMILES string of the molecule is CSc1ccc2nc(N(Cc3ccccc3)C(=O)c3ccc(C(=O)c4ccccc4)cc3)sc2c1. The van der Waals surface area contributed by atoms with Gasteiger partial charge in [0.25, 0.3) is 5.91 Å². The fourth-order valence-electron chi connectivity index (χ4n) is 3.80. The van der Waals surface area contributed by atoms with Crippen molar-refractivity contribution in [1.82, 2.24) is 4.98 Å². The molecular weight excluding hydrogens is 472 g/mol. The fraction of sp³-hybridized carbons (Fsp3) is 0.0690. The maximum absolute atomic E-state index is 13.7. The van der Waals surface area contributed by atoms with Crippen LogP contribution in [0.2, 0.25) is 0 Å². The summed E-state index contributed by atoms with van der Waals surface area (Å²) in [5, 5.41) is 0.650. The van der Waals surface area contributed by atoms with Crippen LogP contribution in [0.5, 0.6) is 0 Å². The Labute approximate surface area is 212 Å². The Balaban J connectivity index is 1.48. The highest BCUT2D eigenvalue weighted by Crippen LogP contribution is 2.33. The van der Waals surface area contributed by atoms with E-state index >= 15 is 0 Å². The van der Waals surface area contributed by atoms with Gasteiger partial charge in [0.2, 0.25) is 0 Å². The first-order valence-corrected chi connectivity index (χ1v) is 13.2.